The maximum Gasteiger partial charge on any atom is 0.338 e. The zero-order chi connectivity index (χ0) is 16.8. The van der Waals surface area contributed by atoms with E-state index in [1.807, 2.05) is 38.3 Å². The topological polar surface area (TPSA) is 53.3 Å². The minimum Gasteiger partial charge on any atom is -0.456 e. The predicted molar refractivity (Wildman–Crippen MR) is 88.8 cm³/mol. The molecule has 1 aliphatic rings. The van der Waals surface area contributed by atoms with Crippen molar-refractivity contribution in [1.82, 2.24) is 9.55 Å². The largest absolute Gasteiger partial charge is 0.456 e. The molecule has 0 amide bonds. The number of nitrogens with zero attached hydrogens (tertiary/aromatic N) is 2. The third-order valence-electron chi connectivity index (χ3n) is 3.67. The van der Waals surface area contributed by atoms with Gasteiger partial charge in [0.1, 0.15) is 17.7 Å². The van der Waals surface area contributed by atoms with E-state index in [4.69, 9.17) is 21.1 Å². The monoisotopic (exact) mass is 336 g/mol. The van der Waals surface area contributed by atoms with Gasteiger partial charge in [0.25, 0.3) is 0 Å². The van der Waals surface area contributed by atoms with Crippen LogP contribution in [-0.4, -0.2) is 27.7 Å². The van der Waals surface area contributed by atoms with Crippen LogP contribution in [0.4, 0.5) is 0 Å². The fourth-order valence-electron chi connectivity index (χ4n) is 2.59. The van der Waals surface area contributed by atoms with Crippen LogP contribution in [0.3, 0.4) is 0 Å². The van der Waals surface area contributed by atoms with Gasteiger partial charge in [-0.25, -0.2) is 9.78 Å². The van der Waals surface area contributed by atoms with E-state index in [2.05, 4.69) is 4.98 Å². The van der Waals surface area contributed by atoms with Gasteiger partial charge < -0.3 is 9.47 Å². The maximum absolute atomic E-state index is 12.3. The number of rotatable bonds is 3. The summed E-state index contributed by atoms with van der Waals surface area (Å²) >= 11 is 6.26. The van der Waals surface area contributed by atoms with E-state index >= 15 is 0 Å². The van der Waals surface area contributed by atoms with Gasteiger partial charge in [-0.15, -0.1) is 11.6 Å². The molecule has 2 aromatic rings. The molecule has 2 atom stereocenters. The minimum atomic E-state index is -0.529. The van der Waals surface area contributed by atoms with E-state index in [-0.39, 0.29) is 17.6 Å². The summed E-state index contributed by atoms with van der Waals surface area (Å²) in [6.45, 7) is 8.16. The molecule has 1 unspecified atom stereocenters. The SMILES string of the molecule is C[C@H](Cl)c1nc2ccc(C(=O)OC(C)(C)C)cc2n1C1CCO1. The van der Waals surface area contributed by atoms with Crippen LogP contribution in [0.5, 0.6) is 0 Å². The quantitative estimate of drug-likeness (QED) is 0.622. The second-order valence-electron chi connectivity index (χ2n) is 6.78. The van der Waals surface area contributed by atoms with Crippen LogP contribution in [0.25, 0.3) is 11.0 Å². The highest BCUT2D eigenvalue weighted by Crippen LogP contribution is 2.34. The molecule has 1 fully saturated rings. The molecule has 1 aliphatic heterocycles. The van der Waals surface area contributed by atoms with Gasteiger partial charge in [0, 0.05) is 6.42 Å². The van der Waals surface area contributed by atoms with Crippen molar-refractivity contribution in [2.24, 2.45) is 0 Å². The van der Waals surface area contributed by atoms with Gasteiger partial charge >= 0.3 is 5.97 Å². The van der Waals surface area contributed by atoms with Crippen molar-refractivity contribution >= 4 is 28.6 Å². The highest BCUT2D eigenvalue weighted by molar-refractivity contribution is 6.20. The normalized spacial score (nSPS) is 19.4. The third kappa shape index (κ3) is 3.21. The van der Waals surface area contributed by atoms with Gasteiger partial charge in [-0.3, -0.25) is 4.57 Å². The Morgan fingerprint density at radius 3 is 2.70 bits per heavy atom. The summed E-state index contributed by atoms with van der Waals surface area (Å²) in [6, 6.07) is 5.37. The third-order valence-corrected chi connectivity index (χ3v) is 3.87. The average molecular weight is 337 g/mol. The van der Waals surface area contributed by atoms with Crippen LogP contribution in [-0.2, 0) is 9.47 Å². The average Bonchev–Trinajstić information content (AvgIpc) is 2.74. The molecule has 3 rings (SSSR count). The first-order valence-corrected chi connectivity index (χ1v) is 8.21. The highest BCUT2D eigenvalue weighted by Gasteiger charge is 2.28. The van der Waals surface area contributed by atoms with Gasteiger partial charge in [0.15, 0.2) is 0 Å². The number of hydrogen-bond donors (Lipinski definition) is 0. The molecule has 1 aromatic heterocycles. The molecule has 0 spiro atoms. The van der Waals surface area contributed by atoms with E-state index in [9.17, 15) is 4.79 Å². The maximum atomic E-state index is 12.3. The molecule has 23 heavy (non-hydrogen) atoms. The van der Waals surface area contributed by atoms with Crippen molar-refractivity contribution in [3.63, 3.8) is 0 Å². The summed E-state index contributed by atoms with van der Waals surface area (Å²) in [6.07, 6.45) is 0.851. The summed E-state index contributed by atoms with van der Waals surface area (Å²) in [7, 11) is 0. The predicted octanol–water partition coefficient (Wildman–Crippen LogP) is 4.21. The Labute approximate surface area is 140 Å². The first kappa shape index (κ1) is 16.3. The fraction of sp³-hybridized carbons (Fsp3) is 0.529. The number of imidazole rings is 1. The summed E-state index contributed by atoms with van der Waals surface area (Å²) in [5.74, 6) is 0.412. The highest BCUT2D eigenvalue weighted by atomic mass is 35.5. The van der Waals surface area contributed by atoms with Crippen LogP contribution >= 0.6 is 11.6 Å². The molecule has 6 heteroatoms. The van der Waals surface area contributed by atoms with Crippen LogP contribution in [0.2, 0.25) is 0 Å². The Bertz CT molecular complexity index is 742. The van der Waals surface area contributed by atoms with E-state index < -0.39 is 5.60 Å². The summed E-state index contributed by atoms with van der Waals surface area (Å²) in [5, 5.41) is -0.239. The zero-order valence-corrected chi connectivity index (χ0v) is 14.6. The number of carbonyl (C=O) groups excluding carboxylic acids is 1. The summed E-state index contributed by atoms with van der Waals surface area (Å²) < 4.78 is 13.0. The number of carbonyl (C=O) groups is 1. The molecule has 0 bridgehead atoms. The van der Waals surface area contributed by atoms with Crippen LogP contribution in [0, 0.1) is 0 Å². The van der Waals surface area contributed by atoms with E-state index in [1.54, 1.807) is 12.1 Å². The Hall–Kier alpha value is -1.59. The van der Waals surface area contributed by atoms with Crippen molar-refractivity contribution in [2.75, 3.05) is 6.61 Å². The second-order valence-corrected chi connectivity index (χ2v) is 7.43. The molecule has 1 aromatic carbocycles. The number of hydrogen-bond acceptors (Lipinski definition) is 4. The molecule has 0 aliphatic carbocycles. The Balaban J connectivity index is 2.06. The number of aromatic nitrogens is 2. The van der Waals surface area contributed by atoms with Crippen LogP contribution in [0.15, 0.2) is 18.2 Å². The molecule has 1 saturated heterocycles. The van der Waals surface area contributed by atoms with Crippen LogP contribution in [0.1, 0.15) is 61.9 Å². The number of halogens is 1. The van der Waals surface area contributed by atoms with Gasteiger partial charge in [-0.05, 0) is 45.9 Å². The van der Waals surface area contributed by atoms with Crippen molar-refractivity contribution in [2.45, 2.75) is 51.3 Å². The van der Waals surface area contributed by atoms with E-state index in [1.165, 1.54) is 0 Å². The minimum absolute atomic E-state index is 0.0647. The van der Waals surface area contributed by atoms with Gasteiger partial charge in [0.2, 0.25) is 0 Å². The fourth-order valence-corrected chi connectivity index (χ4v) is 2.74. The molecule has 0 radical (unpaired) electrons. The lowest BCUT2D eigenvalue weighted by Crippen LogP contribution is -2.26. The molecular formula is C17H21ClN2O3. The number of alkyl halides is 1. The molecule has 0 saturated carbocycles. The van der Waals surface area contributed by atoms with E-state index in [0.29, 0.717) is 5.56 Å². The molecular weight excluding hydrogens is 316 g/mol. The standard InChI is InChI=1S/C17H21ClN2O3/c1-10(18)15-19-12-6-5-11(16(21)23-17(2,3)4)9-13(12)20(15)14-7-8-22-14/h5-6,9-10,14H,7-8H2,1-4H3/t10-,14?/m0/s1. The lowest BCUT2D eigenvalue weighted by Gasteiger charge is -2.30. The number of esters is 1. The van der Waals surface area contributed by atoms with Crippen molar-refractivity contribution in [1.29, 1.82) is 0 Å². The first-order chi connectivity index (χ1) is 10.8. The lowest BCUT2D eigenvalue weighted by molar-refractivity contribution is -0.0984. The van der Waals surface area contributed by atoms with Crippen LogP contribution < -0.4 is 0 Å². The first-order valence-electron chi connectivity index (χ1n) is 7.77. The smallest absolute Gasteiger partial charge is 0.338 e. The molecule has 124 valence electrons. The zero-order valence-electron chi connectivity index (χ0n) is 13.8. The summed E-state index contributed by atoms with van der Waals surface area (Å²) in [5.41, 5.74) is 1.62. The van der Waals surface area contributed by atoms with E-state index in [0.717, 1.165) is 29.9 Å². The lowest BCUT2D eigenvalue weighted by atomic mass is 10.1. The van der Waals surface area contributed by atoms with Crippen molar-refractivity contribution in [3.05, 3.63) is 29.6 Å². The Morgan fingerprint density at radius 2 is 2.17 bits per heavy atom. The number of benzene rings is 1. The second kappa shape index (κ2) is 5.80. The number of ether oxygens (including phenoxy) is 2. The number of fused-ring (bicyclic) bond motifs is 1. The summed E-state index contributed by atoms with van der Waals surface area (Å²) in [4.78, 5) is 16.9. The molecule has 0 N–H and O–H groups in total. The van der Waals surface area contributed by atoms with Crippen molar-refractivity contribution < 1.29 is 14.3 Å². The molecule has 2 heterocycles. The molecule has 5 nitrogen and oxygen atoms in total. The van der Waals surface area contributed by atoms with Gasteiger partial charge in [0.05, 0.1) is 28.6 Å². The van der Waals surface area contributed by atoms with Crippen molar-refractivity contribution in [3.8, 4) is 0 Å². The Kier molecular flexibility index (Phi) is 4.10. The van der Waals surface area contributed by atoms with Gasteiger partial charge in [-0.2, -0.15) is 0 Å². The van der Waals surface area contributed by atoms with Gasteiger partial charge in [-0.1, -0.05) is 0 Å². The Morgan fingerprint density at radius 1 is 1.48 bits per heavy atom.